The molecule has 0 unspecified atom stereocenters. The topological polar surface area (TPSA) is 63.4 Å². The van der Waals surface area contributed by atoms with Gasteiger partial charge >= 0.3 is 0 Å². The summed E-state index contributed by atoms with van der Waals surface area (Å²) in [5, 5.41) is 22.0. The summed E-state index contributed by atoms with van der Waals surface area (Å²) < 4.78 is 0. The summed E-state index contributed by atoms with van der Waals surface area (Å²) in [7, 11) is 0. The first-order valence-electron chi connectivity index (χ1n) is 7.33. The molecule has 112 valence electrons. The monoisotopic (exact) mass is 303 g/mol. The number of phenolic OH excluding ortho intramolecular Hbond substituents is 1. The van der Waals surface area contributed by atoms with Crippen molar-refractivity contribution in [2.75, 3.05) is 0 Å². The van der Waals surface area contributed by atoms with Crippen LogP contribution in [-0.2, 0) is 6.42 Å². The van der Waals surface area contributed by atoms with Gasteiger partial charge in [-0.2, -0.15) is 0 Å². The molecular weight excluding hydrogens is 290 g/mol. The zero-order valence-electron chi connectivity index (χ0n) is 12.2. The number of aromatic hydroxyl groups is 1. The Morgan fingerprint density at radius 3 is 2.26 bits per heavy atom. The molecule has 4 heteroatoms. The summed E-state index contributed by atoms with van der Waals surface area (Å²) in [5.41, 5.74) is 5.06. The van der Waals surface area contributed by atoms with E-state index in [0.717, 1.165) is 22.3 Å². The van der Waals surface area contributed by atoms with Crippen molar-refractivity contribution in [3.05, 3.63) is 81.9 Å². The maximum atomic E-state index is 11.2. The Balaban J connectivity index is 1.92. The van der Waals surface area contributed by atoms with Gasteiger partial charge < -0.3 is 5.11 Å². The third kappa shape index (κ3) is 1.99. The molecule has 4 nitrogen and oxygen atoms in total. The Hall–Kier alpha value is -3.14. The van der Waals surface area contributed by atoms with Crippen molar-refractivity contribution < 1.29 is 10.0 Å². The lowest BCUT2D eigenvalue weighted by Crippen LogP contribution is -1.93. The van der Waals surface area contributed by atoms with Gasteiger partial charge in [0.2, 0.25) is 0 Å². The SMILES string of the molecule is O=[N+]([O-])c1ccccc1-c1ccc2c(c1O)Cc1ccccc1-2. The van der Waals surface area contributed by atoms with E-state index in [0.29, 0.717) is 17.5 Å². The standard InChI is InChI=1S/C19H13NO3/c21-19-16(15-7-3-4-8-18(15)20(22)23)10-9-14-13-6-2-1-5-12(13)11-17(14)19/h1-10,21H,11H2. The van der Waals surface area contributed by atoms with E-state index in [1.807, 2.05) is 30.3 Å². The van der Waals surface area contributed by atoms with Gasteiger partial charge in [-0.15, -0.1) is 0 Å². The number of nitro groups is 1. The fourth-order valence-corrected chi connectivity index (χ4v) is 3.27. The van der Waals surface area contributed by atoms with Crippen LogP contribution < -0.4 is 0 Å². The average Bonchev–Trinajstić information content (AvgIpc) is 2.95. The number of hydrogen-bond donors (Lipinski definition) is 1. The molecule has 3 aromatic rings. The molecular formula is C19H13NO3. The lowest BCUT2D eigenvalue weighted by Gasteiger charge is -2.10. The molecule has 1 N–H and O–H groups in total. The highest BCUT2D eigenvalue weighted by Crippen LogP contribution is 2.46. The minimum atomic E-state index is -0.420. The van der Waals surface area contributed by atoms with Crippen LogP contribution in [0.5, 0.6) is 5.75 Å². The molecule has 0 bridgehead atoms. The molecule has 0 aromatic heterocycles. The normalized spacial score (nSPS) is 11.8. The Kier molecular flexibility index (Phi) is 2.91. The molecule has 0 amide bonds. The fourth-order valence-electron chi connectivity index (χ4n) is 3.27. The number of fused-ring (bicyclic) bond motifs is 3. The van der Waals surface area contributed by atoms with Gasteiger partial charge in [0.1, 0.15) is 5.75 Å². The van der Waals surface area contributed by atoms with Crippen molar-refractivity contribution in [2.45, 2.75) is 6.42 Å². The van der Waals surface area contributed by atoms with E-state index in [-0.39, 0.29) is 11.4 Å². The minimum Gasteiger partial charge on any atom is -0.507 e. The van der Waals surface area contributed by atoms with Crippen LogP contribution in [0, 0.1) is 10.1 Å². The van der Waals surface area contributed by atoms with Crippen molar-refractivity contribution in [1.29, 1.82) is 0 Å². The highest BCUT2D eigenvalue weighted by molar-refractivity contribution is 5.87. The van der Waals surface area contributed by atoms with Crippen molar-refractivity contribution in [2.24, 2.45) is 0 Å². The molecule has 0 radical (unpaired) electrons. The summed E-state index contributed by atoms with van der Waals surface area (Å²) in [5.74, 6) is 0.132. The summed E-state index contributed by atoms with van der Waals surface area (Å²) in [6, 6.07) is 18.2. The maximum absolute atomic E-state index is 11.2. The number of para-hydroxylation sites is 1. The van der Waals surface area contributed by atoms with Crippen molar-refractivity contribution in [1.82, 2.24) is 0 Å². The number of hydrogen-bond acceptors (Lipinski definition) is 3. The van der Waals surface area contributed by atoms with Crippen molar-refractivity contribution >= 4 is 5.69 Å². The Morgan fingerprint density at radius 2 is 1.48 bits per heavy atom. The van der Waals surface area contributed by atoms with Crippen LogP contribution in [0.25, 0.3) is 22.3 Å². The van der Waals surface area contributed by atoms with E-state index in [4.69, 9.17) is 0 Å². The van der Waals surface area contributed by atoms with Gasteiger partial charge in [-0.05, 0) is 28.8 Å². The molecule has 0 fully saturated rings. The van der Waals surface area contributed by atoms with Gasteiger partial charge in [0.15, 0.2) is 0 Å². The summed E-state index contributed by atoms with van der Waals surface area (Å²) >= 11 is 0. The molecule has 23 heavy (non-hydrogen) atoms. The number of benzene rings is 3. The van der Waals surface area contributed by atoms with Crippen LogP contribution in [0.3, 0.4) is 0 Å². The number of phenols is 1. The summed E-state index contributed by atoms with van der Waals surface area (Å²) in [4.78, 5) is 10.8. The van der Waals surface area contributed by atoms with Gasteiger partial charge in [0.05, 0.1) is 10.5 Å². The van der Waals surface area contributed by atoms with Gasteiger partial charge in [0, 0.05) is 23.6 Å². The molecule has 1 aliphatic carbocycles. The lowest BCUT2D eigenvalue weighted by molar-refractivity contribution is -0.384. The average molecular weight is 303 g/mol. The second kappa shape index (κ2) is 4.95. The molecule has 0 saturated heterocycles. The fraction of sp³-hybridized carbons (Fsp3) is 0.0526. The molecule has 0 aliphatic heterocycles. The van der Waals surface area contributed by atoms with Crippen LogP contribution >= 0.6 is 0 Å². The second-order valence-corrected chi connectivity index (χ2v) is 5.60. The predicted octanol–water partition coefficient (Wildman–Crippen LogP) is 4.54. The highest BCUT2D eigenvalue weighted by atomic mass is 16.6. The molecule has 1 aliphatic rings. The van der Waals surface area contributed by atoms with Crippen LogP contribution in [0.4, 0.5) is 5.69 Å². The van der Waals surface area contributed by atoms with Gasteiger partial charge in [-0.25, -0.2) is 0 Å². The molecule has 4 rings (SSSR count). The largest absolute Gasteiger partial charge is 0.507 e. The van der Waals surface area contributed by atoms with E-state index in [1.165, 1.54) is 6.07 Å². The Morgan fingerprint density at radius 1 is 0.826 bits per heavy atom. The molecule has 0 atom stereocenters. The van der Waals surface area contributed by atoms with E-state index in [1.54, 1.807) is 24.3 Å². The minimum absolute atomic E-state index is 0.00161. The zero-order chi connectivity index (χ0) is 16.0. The quantitative estimate of drug-likeness (QED) is 0.437. The third-order valence-electron chi connectivity index (χ3n) is 4.35. The Labute approximate surface area is 132 Å². The third-order valence-corrected chi connectivity index (χ3v) is 4.35. The van der Waals surface area contributed by atoms with Crippen molar-refractivity contribution in [3.8, 4) is 28.0 Å². The number of nitrogens with zero attached hydrogens (tertiary/aromatic N) is 1. The first-order chi connectivity index (χ1) is 11.2. The second-order valence-electron chi connectivity index (χ2n) is 5.60. The molecule has 0 spiro atoms. The lowest BCUT2D eigenvalue weighted by atomic mass is 9.96. The summed E-state index contributed by atoms with van der Waals surface area (Å²) in [6.45, 7) is 0. The predicted molar refractivity (Wildman–Crippen MR) is 88.4 cm³/mol. The zero-order valence-corrected chi connectivity index (χ0v) is 12.2. The van der Waals surface area contributed by atoms with Crippen LogP contribution in [0.15, 0.2) is 60.7 Å². The van der Waals surface area contributed by atoms with E-state index >= 15 is 0 Å². The van der Waals surface area contributed by atoms with Gasteiger partial charge in [0.25, 0.3) is 5.69 Å². The van der Waals surface area contributed by atoms with Crippen LogP contribution in [0.2, 0.25) is 0 Å². The van der Waals surface area contributed by atoms with Crippen molar-refractivity contribution in [3.63, 3.8) is 0 Å². The number of rotatable bonds is 2. The smallest absolute Gasteiger partial charge is 0.277 e. The van der Waals surface area contributed by atoms with E-state index < -0.39 is 4.92 Å². The molecule has 0 heterocycles. The molecule has 0 saturated carbocycles. The number of nitro benzene ring substituents is 1. The van der Waals surface area contributed by atoms with Gasteiger partial charge in [-0.3, -0.25) is 10.1 Å². The Bertz CT molecular complexity index is 947. The van der Waals surface area contributed by atoms with Crippen LogP contribution in [-0.4, -0.2) is 10.0 Å². The van der Waals surface area contributed by atoms with Gasteiger partial charge in [-0.1, -0.05) is 42.5 Å². The van der Waals surface area contributed by atoms with E-state index in [2.05, 4.69) is 0 Å². The maximum Gasteiger partial charge on any atom is 0.277 e. The van der Waals surface area contributed by atoms with Crippen LogP contribution in [0.1, 0.15) is 11.1 Å². The first kappa shape index (κ1) is 13.5. The highest BCUT2D eigenvalue weighted by Gasteiger charge is 2.25. The van der Waals surface area contributed by atoms with E-state index in [9.17, 15) is 15.2 Å². The first-order valence-corrected chi connectivity index (χ1v) is 7.33. The summed E-state index contributed by atoms with van der Waals surface area (Å²) in [6.07, 6.45) is 0.645. The molecule has 3 aromatic carbocycles.